The van der Waals surface area contributed by atoms with Gasteiger partial charge in [0.15, 0.2) is 0 Å². The molecule has 2 aromatic rings. The minimum atomic E-state index is -4.32. The molecule has 2 heterocycles. The van der Waals surface area contributed by atoms with Gasteiger partial charge in [-0.15, -0.1) is 0 Å². The summed E-state index contributed by atoms with van der Waals surface area (Å²) in [5, 5.41) is 12.8. The van der Waals surface area contributed by atoms with Gasteiger partial charge in [0.1, 0.15) is 0 Å². The summed E-state index contributed by atoms with van der Waals surface area (Å²) in [4.78, 5) is 16.9. The summed E-state index contributed by atoms with van der Waals surface area (Å²) in [5.74, 6) is 0.183. The molecule has 2 aromatic carbocycles. The zero-order valence-electron chi connectivity index (χ0n) is 19.2. The molecular weight excluding hydrogens is 443 g/mol. The SMILES string of the molecule is O=C(c1ccc(N2CCC(NCc3cccc(C(F)(F)F)c3)CC2)cc1)N1CCC[C@@H](CO)C1. The Balaban J connectivity index is 1.26. The molecule has 2 fully saturated rings. The average molecular weight is 476 g/mol. The first-order chi connectivity index (χ1) is 16.3. The Morgan fingerprint density at radius 2 is 1.76 bits per heavy atom. The molecule has 0 unspecified atom stereocenters. The van der Waals surface area contributed by atoms with Gasteiger partial charge in [0.2, 0.25) is 0 Å². The molecule has 2 aliphatic heterocycles. The van der Waals surface area contributed by atoms with Crippen molar-refractivity contribution in [2.24, 2.45) is 5.92 Å². The fourth-order valence-corrected chi connectivity index (χ4v) is 4.86. The average Bonchev–Trinajstić information content (AvgIpc) is 2.87. The third-order valence-electron chi connectivity index (χ3n) is 6.89. The molecule has 0 aromatic heterocycles. The maximum Gasteiger partial charge on any atom is 0.416 e. The van der Waals surface area contributed by atoms with Crippen molar-refractivity contribution in [1.82, 2.24) is 10.2 Å². The van der Waals surface area contributed by atoms with E-state index in [9.17, 15) is 23.1 Å². The number of aliphatic hydroxyl groups excluding tert-OH is 1. The standard InChI is InChI=1S/C26H32F3N3O2/c27-26(28,29)22-5-1-3-19(15-22)16-30-23-10-13-31(14-11-23)24-8-6-21(7-9-24)25(34)32-12-2-4-20(17-32)18-33/h1,3,5-9,15,20,23,30,33H,2,4,10-14,16-18H2/t20-/m1/s1. The zero-order chi connectivity index (χ0) is 24.1. The lowest BCUT2D eigenvalue weighted by Crippen LogP contribution is -2.42. The normalized spacial score (nSPS) is 19.9. The van der Waals surface area contributed by atoms with Gasteiger partial charge < -0.3 is 20.2 Å². The second-order valence-corrected chi connectivity index (χ2v) is 9.33. The number of aliphatic hydroxyl groups is 1. The molecule has 0 aliphatic carbocycles. The number of nitrogens with zero attached hydrogens (tertiary/aromatic N) is 2. The van der Waals surface area contributed by atoms with E-state index >= 15 is 0 Å². The van der Waals surface area contributed by atoms with Crippen LogP contribution in [0, 0.1) is 5.92 Å². The van der Waals surface area contributed by atoms with Crippen LogP contribution in [0.3, 0.4) is 0 Å². The number of carbonyl (C=O) groups excluding carboxylic acids is 1. The first kappa shape index (κ1) is 24.5. The molecule has 184 valence electrons. The molecule has 2 N–H and O–H groups in total. The van der Waals surface area contributed by atoms with E-state index < -0.39 is 11.7 Å². The summed E-state index contributed by atoms with van der Waals surface area (Å²) in [6.45, 7) is 3.57. The van der Waals surface area contributed by atoms with Gasteiger partial charge in [0.25, 0.3) is 5.91 Å². The fourth-order valence-electron chi connectivity index (χ4n) is 4.86. The number of halogens is 3. The maximum atomic E-state index is 12.9. The quantitative estimate of drug-likeness (QED) is 0.654. The topological polar surface area (TPSA) is 55.8 Å². The highest BCUT2D eigenvalue weighted by atomic mass is 19.4. The highest BCUT2D eigenvalue weighted by molar-refractivity contribution is 5.94. The lowest BCUT2D eigenvalue weighted by molar-refractivity contribution is -0.137. The fraction of sp³-hybridized carbons (Fsp3) is 0.500. The van der Waals surface area contributed by atoms with Gasteiger partial charge in [-0.3, -0.25) is 4.79 Å². The van der Waals surface area contributed by atoms with Crippen LogP contribution in [0.1, 0.15) is 47.2 Å². The van der Waals surface area contributed by atoms with Crippen molar-refractivity contribution in [3.63, 3.8) is 0 Å². The van der Waals surface area contributed by atoms with Crippen LogP contribution in [0.15, 0.2) is 48.5 Å². The van der Waals surface area contributed by atoms with Crippen LogP contribution in [0.2, 0.25) is 0 Å². The minimum Gasteiger partial charge on any atom is -0.396 e. The highest BCUT2D eigenvalue weighted by Gasteiger charge is 2.30. The second-order valence-electron chi connectivity index (χ2n) is 9.33. The Morgan fingerprint density at radius 1 is 1.03 bits per heavy atom. The van der Waals surface area contributed by atoms with Gasteiger partial charge in [-0.05, 0) is 67.5 Å². The number of hydrogen-bond acceptors (Lipinski definition) is 4. The molecule has 5 nitrogen and oxygen atoms in total. The van der Waals surface area contributed by atoms with Crippen LogP contribution in [0.4, 0.5) is 18.9 Å². The number of amides is 1. The Kier molecular flexibility index (Phi) is 7.78. The van der Waals surface area contributed by atoms with Crippen molar-refractivity contribution in [1.29, 1.82) is 0 Å². The maximum absolute atomic E-state index is 12.9. The van der Waals surface area contributed by atoms with Gasteiger partial charge in [-0.2, -0.15) is 13.2 Å². The zero-order valence-corrected chi connectivity index (χ0v) is 19.2. The third-order valence-corrected chi connectivity index (χ3v) is 6.89. The van der Waals surface area contributed by atoms with Crippen LogP contribution in [-0.2, 0) is 12.7 Å². The van der Waals surface area contributed by atoms with Crippen LogP contribution in [-0.4, -0.2) is 54.7 Å². The van der Waals surface area contributed by atoms with E-state index in [4.69, 9.17) is 0 Å². The molecule has 34 heavy (non-hydrogen) atoms. The molecule has 4 rings (SSSR count). The highest BCUT2D eigenvalue weighted by Crippen LogP contribution is 2.29. The Bertz CT molecular complexity index is 957. The third kappa shape index (κ3) is 6.10. The Hall–Kier alpha value is -2.58. The summed E-state index contributed by atoms with van der Waals surface area (Å²) in [5.41, 5.74) is 1.76. The molecular formula is C26H32F3N3O2. The lowest BCUT2D eigenvalue weighted by atomic mass is 9.98. The first-order valence-corrected chi connectivity index (χ1v) is 12.0. The molecule has 0 saturated carbocycles. The van der Waals surface area contributed by atoms with Gasteiger partial charge >= 0.3 is 6.18 Å². The first-order valence-electron chi connectivity index (χ1n) is 12.0. The van der Waals surface area contributed by atoms with Crippen molar-refractivity contribution in [3.8, 4) is 0 Å². The van der Waals surface area contributed by atoms with E-state index in [1.807, 2.05) is 29.2 Å². The van der Waals surface area contributed by atoms with Crippen molar-refractivity contribution in [3.05, 3.63) is 65.2 Å². The number of hydrogen-bond donors (Lipinski definition) is 2. The number of rotatable bonds is 6. The largest absolute Gasteiger partial charge is 0.416 e. The van der Waals surface area contributed by atoms with Crippen LogP contribution in [0.25, 0.3) is 0 Å². The Labute approximate surface area is 198 Å². The van der Waals surface area contributed by atoms with Crippen LogP contribution < -0.4 is 10.2 Å². The lowest BCUT2D eigenvalue weighted by Gasteiger charge is -2.34. The summed E-state index contributed by atoms with van der Waals surface area (Å²) in [6, 6.07) is 13.4. The van der Waals surface area contributed by atoms with E-state index in [1.165, 1.54) is 12.1 Å². The molecule has 0 spiro atoms. The molecule has 0 radical (unpaired) electrons. The molecule has 2 saturated heterocycles. The van der Waals surface area contributed by atoms with Gasteiger partial charge in [0.05, 0.1) is 5.56 Å². The monoisotopic (exact) mass is 475 g/mol. The molecule has 0 bridgehead atoms. The molecule has 1 amide bonds. The Morgan fingerprint density at radius 3 is 2.44 bits per heavy atom. The number of piperidine rings is 2. The number of anilines is 1. The van der Waals surface area contributed by atoms with E-state index in [2.05, 4.69) is 10.2 Å². The van der Waals surface area contributed by atoms with Crippen LogP contribution >= 0.6 is 0 Å². The number of alkyl halides is 3. The number of carbonyl (C=O) groups is 1. The molecule has 2 aliphatic rings. The van der Waals surface area contributed by atoms with Crippen molar-refractivity contribution >= 4 is 11.6 Å². The summed E-state index contributed by atoms with van der Waals surface area (Å²) in [7, 11) is 0. The van der Waals surface area contributed by atoms with Crippen LogP contribution in [0.5, 0.6) is 0 Å². The van der Waals surface area contributed by atoms with Gasteiger partial charge in [-0.1, -0.05) is 18.2 Å². The molecule has 8 heteroatoms. The van der Waals surface area contributed by atoms with Crippen molar-refractivity contribution < 1.29 is 23.1 Å². The summed E-state index contributed by atoms with van der Waals surface area (Å²) in [6.07, 6.45) is -0.640. The summed E-state index contributed by atoms with van der Waals surface area (Å²) >= 11 is 0. The van der Waals surface area contributed by atoms with E-state index in [0.717, 1.165) is 57.1 Å². The predicted molar refractivity (Wildman–Crippen MR) is 126 cm³/mol. The number of nitrogens with one attached hydrogen (secondary N) is 1. The smallest absolute Gasteiger partial charge is 0.396 e. The molecule has 1 atom stereocenters. The van der Waals surface area contributed by atoms with Gasteiger partial charge in [0, 0.05) is 56.6 Å². The van der Waals surface area contributed by atoms with E-state index in [1.54, 1.807) is 6.07 Å². The van der Waals surface area contributed by atoms with Gasteiger partial charge in [-0.25, -0.2) is 0 Å². The minimum absolute atomic E-state index is 0.0159. The van der Waals surface area contributed by atoms with E-state index in [-0.39, 0.29) is 24.5 Å². The number of likely N-dealkylation sites (tertiary alicyclic amines) is 1. The van der Waals surface area contributed by atoms with E-state index in [0.29, 0.717) is 24.2 Å². The number of benzene rings is 2. The predicted octanol–water partition coefficient (Wildman–Crippen LogP) is 4.31. The second kappa shape index (κ2) is 10.8. The van der Waals surface area contributed by atoms with Crippen molar-refractivity contribution in [2.45, 2.75) is 44.4 Å². The van der Waals surface area contributed by atoms with Crippen molar-refractivity contribution in [2.75, 3.05) is 37.7 Å². The summed E-state index contributed by atoms with van der Waals surface area (Å²) < 4.78 is 38.7.